The molecule has 0 saturated carbocycles. The van der Waals surface area contributed by atoms with Crippen molar-refractivity contribution in [1.29, 1.82) is 0 Å². The van der Waals surface area contributed by atoms with Crippen LogP contribution in [0.3, 0.4) is 0 Å². The summed E-state index contributed by atoms with van der Waals surface area (Å²) in [6.45, 7) is 7.05. The van der Waals surface area contributed by atoms with Crippen LogP contribution in [0.25, 0.3) is 11.0 Å². The van der Waals surface area contributed by atoms with Gasteiger partial charge in [-0.25, -0.2) is 9.97 Å². The van der Waals surface area contributed by atoms with E-state index in [2.05, 4.69) is 41.9 Å². The normalized spacial score (nSPS) is 22.9. The van der Waals surface area contributed by atoms with Gasteiger partial charge in [0.2, 0.25) is 0 Å². The van der Waals surface area contributed by atoms with Gasteiger partial charge in [-0.15, -0.1) is 0 Å². The summed E-state index contributed by atoms with van der Waals surface area (Å²) in [5, 5.41) is 9.77. The van der Waals surface area contributed by atoms with Crippen molar-refractivity contribution in [2.75, 3.05) is 37.6 Å². The monoisotopic (exact) mass is 303 g/mol. The molecule has 21 heavy (non-hydrogen) atoms. The van der Waals surface area contributed by atoms with Crippen LogP contribution in [0.15, 0.2) is 17.5 Å². The minimum Gasteiger partial charge on any atom is -0.352 e. The van der Waals surface area contributed by atoms with Crippen LogP contribution in [0.5, 0.6) is 0 Å². The summed E-state index contributed by atoms with van der Waals surface area (Å²) in [6, 6.07) is 0. The molecule has 2 aliphatic rings. The van der Waals surface area contributed by atoms with Gasteiger partial charge in [-0.05, 0) is 0 Å². The number of amidine groups is 1. The Hall–Kier alpha value is -1.83. The lowest BCUT2D eigenvalue weighted by atomic mass is 10.3. The Bertz CT molecular complexity index is 674. The maximum atomic E-state index is 4.63. The molecular weight excluding hydrogens is 286 g/mol. The molecule has 0 bridgehead atoms. The molecule has 0 aliphatic carbocycles. The van der Waals surface area contributed by atoms with E-state index in [0.29, 0.717) is 5.25 Å². The Morgan fingerprint density at radius 2 is 2.00 bits per heavy atom. The molecule has 0 aromatic carbocycles. The summed E-state index contributed by atoms with van der Waals surface area (Å²) >= 11 is 1.89. The van der Waals surface area contributed by atoms with Gasteiger partial charge in [0, 0.05) is 31.4 Å². The van der Waals surface area contributed by atoms with E-state index in [0.717, 1.165) is 49.6 Å². The molecule has 1 saturated heterocycles. The molecule has 0 radical (unpaired) electrons. The first-order valence-electron chi connectivity index (χ1n) is 7.16. The smallest absolute Gasteiger partial charge is 0.160 e. The number of aromatic amines is 1. The summed E-state index contributed by atoms with van der Waals surface area (Å²) in [5.41, 5.74) is 0.798. The van der Waals surface area contributed by atoms with Gasteiger partial charge in [0.15, 0.2) is 10.8 Å². The van der Waals surface area contributed by atoms with Crippen molar-refractivity contribution in [3.63, 3.8) is 0 Å². The zero-order valence-electron chi connectivity index (χ0n) is 11.9. The van der Waals surface area contributed by atoms with Crippen molar-refractivity contribution in [2.24, 2.45) is 4.99 Å². The van der Waals surface area contributed by atoms with Gasteiger partial charge >= 0.3 is 0 Å². The number of hydrogen-bond acceptors (Lipinski definition) is 7. The van der Waals surface area contributed by atoms with Crippen LogP contribution in [0.1, 0.15) is 6.92 Å². The van der Waals surface area contributed by atoms with E-state index in [1.165, 1.54) is 5.17 Å². The molecule has 4 heterocycles. The molecule has 110 valence electrons. The Morgan fingerprint density at radius 3 is 2.76 bits per heavy atom. The average Bonchev–Trinajstić information content (AvgIpc) is 3.15. The molecule has 7 nitrogen and oxygen atoms in total. The summed E-state index contributed by atoms with van der Waals surface area (Å²) in [5.74, 6) is 0.975. The number of aliphatic imine (C=N–C) groups is 1. The van der Waals surface area contributed by atoms with E-state index in [4.69, 9.17) is 0 Å². The van der Waals surface area contributed by atoms with E-state index < -0.39 is 0 Å². The average molecular weight is 303 g/mol. The van der Waals surface area contributed by atoms with Crippen LogP contribution in [0.4, 0.5) is 5.82 Å². The zero-order valence-corrected chi connectivity index (χ0v) is 12.7. The second kappa shape index (κ2) is 5.18. The molecule has 1 fully saturated rings. The lowest BCUT2D eigenvalue weighted by molar-refractivity contribution is 0.391. The Morgan fingerprint density at radius 1 is 1.19 bits per heavy atom. The topological polar surface area (TPSA) is 73.3 Å². The minimum atomic E-state index is 0.616. The number of nitrogens with zero attached hydrogens (tertiary/aromatic N) is 6. The number of H-pyrrole nitrogens is 1. The molecule has 1 atom stereocenters. The maximum Gasteiger partial charge on any atom is 0.160 e. The Balaban J connectivity index is 1.49. The lowest BCUT2D eigenvalue weighted by Gasteiger charge is -2.36. The second-order valence-corrected chi connectivity index (χ2v) is 6.76. The summed E-state index contributed by atoms with van der Waals surface area (Å²) in [6.07, 6.45) is 3.40. The van der Waals surface area contributed by atoms with Gasteiger partial charge in [-0.2, -0.15) is 5.10 Å². The van der Waals surface area contributed by atoms with E-state index in [-0.39, 0.29) is 0 Å². The first-order valence-corrected chi connectivity index (χ1v) is 8.04. The number of piperazine rings is 1. The number of thioether (sulfide) groups is 1. The Kier molecular flexibility index (Phi) is 3.17. The number of rotatable bonds is 1. The first-order chi connectivity index (χ1) is 10.3. The number of nitrogens with one attached hydrogen (secondary N) is 1. The van der Waals surface area contributed by atoms with Crippen LogP contribution in [0, 0.1) is 0 Å². The van der Waals surface area contributed by atoms with Crippen molar-refractivity contribution in [3.8, 4) is 0 Å². The van der Waals surface area contributed by atoms with Gasteiger partial charge < -0.3 is 9.80 Å². The summed E-state index contributed by atoms with van der Waals surface area (Å²) in [7, 11) is 0. The number of hydrogen-bond donors (Lipinski definition) is 1. The molecule has 0 spiro atoms. The molecule has 4 rings (SSSR count). The third kappa shape index (κ3) is 2.33. The van der Waals surface area contributed by atoms with Crippen LogP contribution in [0.2, 0.25) is 0 Å². The van der Waals surface area contributed by atoms with Gasteiger partial charge in [-0.1, -0.05) is 18.7 Å². The summed E-state index contributed by atoms with van der Waals surface area (Å²) in [4.78, 5) is 18.0. The molecule has 2 aromatic rings. The fraction of sp³-hybridized carbons (Fsp3) is 0.538. The van der Waals surface area contributed by atoms with Crippen LogP contribution in [-0.2, 0) is 0 Å². The van der Waals surface area contributed by atoms with Crippen molar-refractivity contribution in [2.45, 2.75) is 12.2 Å². The highest BCUT2D eigenvalue weighted by Gasteiger charge is 2.26. The molecule has 8 heteroatoms. The number of anilines is 1. The SMILES string of the molecule is C[C@H]1CN=C(N2CCN(c3ncnc4[nH]ncc34)CC2)S1. The van der Waals surface area contributed by atoms with Gasteiger partial charge in [0.05, 0.1) is 18.1 Å². The second-order valence-electron chi connectivity index (χ2n) is 5.36. The first kappa shape index (κ1) is 12.9. The molecule has 2 aliphatic heterocycles. The highest BCUT2D eigenvalue weighted by molar-refractivity contribution is 8.14. The van der Waals surface area contributed by atoms with Crippen molar-refractivity contribution in [3.05, 3.63) is 12.5 Å². The molecule has 2 aromatic heterocycles. The van der Waals surface area contributed by atoms with E-state index >= 15 is 0 Å². The molecule has 1 N–H and O–H groups in total. The van der Waals surface area contributed by atoms with Crippen molar-refractivity contribution >= 4 is 33.8 Å². The number of aromatic nitrogens is 4. The van der Waals surface area contributed by atoms with Gasteiger partial charge in [0.1, 0.15) is 12.1 Å². The largest absolute Gasteiger partial charge is 0.352 e. The van der Waals surface area contributed by atoms with E-state index in [9.17, 15) is 0 Å². The fourth-order valence-electron chi connectivity index (χ4n) is 2.75. The van der Waals surface area contributed by atoms with Gasteiger partial charge in [0.25, 0.3) is 0 Å². The van der Waals surface area contributed by atoms with Crippen molar-refractivity contribution < 1.29 is 0 Å². The third-order valence-corrected chi connectivity index (χ3v) is 5.02. The highest BCUT2D eigenvalue weighted by Crippen LogP contribution is 2.26. The quantitative estimate of drug-likeness (QED) is 0.846. The van der Waals surface area contributed by atoms with Crippen LogP contribution >= 0.6 is 11.8 Å². The third-order valence-electron chi connectivity index (χ3n) is 3.87. The zero-order chi connectivity index (χ0) is 14.2. The standard InChI is InChI=1S/C13H17N7S/c1-9-6-14-13(21-9)20-4-2-19(3-5-20)12-10-7-17-18-11(10)15-8-16-12/h7-9H,2-6H2,1H3,(H,15,16,17,18)/t9-/m0/s1. The minimum absolute atomic E-state index is 0.616. The summed E-state index contributed by atoms with van der Waals surface area (Å²) < 4.78 is 0. The highest BCUT2D eigenvalue weighted by atomic mass is 32.2. The fourth-order valence-corrected chi connectivity index (χ4v) is 3.74. The molecule has 0 amide bonds. The predicted molar refractivity (Wildman–Crippen MR) is 84.8 cm³/mol. The van der Waals surface area contributed by atoms with Crippen LogP contribution in [-0.4, -0.2) is 68.2 Å². The number of fused-ring (bicyclic) bond motifs is 1. The molecule has 0 unspecified atom stereocenters. The maximum absolute atomic E-state index is 4.63. The molecular formula is C13H17N7S. The van der Waals surface area contributed by atoms with Crippen LogP contribution < -0.4 is 4.90 Å². The predicted octanol–water partition coefficient (Wildman–Crippen LogP) is 0.966. The lowest BCUT2D eigenvalue weighted by Crippen LogP contribution is -2.48. The van der Waals surface area contributed by atoms with Gasteiger partial charge in [-0.3, -0.25) is 10.1 Å². The van der Waals surface area contributed by atoms with E-state index in [1.54, 1.807) is 12.5 Å². The van der Waals surface area contributed by atoms with Crippen molar-refractivity contribution in [1.82, 2.24) is 25.1 Å². The van der Waals surface area contributed by atoms with E-state index in [1.807, 2.05) is 11.8 Å². The Labute approximate surface area is 126 Å².